The third-order valence-electron chi connectivity index (χ3n) is 2.46. The zero-order chi connectivity index (χ0) is 12.5. The van der Waals surface area contributed by atoms with Gasteiger partial charge in [0.1, 0.15) is 11.6 Å². The molecule has 1 aliphatic carbocycles. The second kappa shape index (κ2) is 4.51. The van der Waals surface area contributed by atoms with Crippen molar-refractivity contribution in [3.05, 3.63) is 11.9 Å². The Morgan fingerprint density at radius 3 is 2.59 bits per heavy atom. The minimum atomic E-state index is -0.00133. The molecule has 0 saturated heterocycles. The second-order valence-corrected chi connectivity index (χ2v) is 5.53. The molecule has 1 aromatic rings. The van der Waals surface area contributed by atoms with Crippen molar-refractivity contribution >= 4 is 5.82 Å². The van der Waals surface area contributed by atoms with E-state index in [1.807, 2.05) is 13.0 Å². The van der Waals surface area contributed by atoms with Crippen molar-refractivity contribution in [1.29, 1.82) is 0 Å². The van der Waals surface area contributed by atoms with Gasteiger partial charge in [0.2, 0.25) is 5.88 Å². The fourth-order valence-corrected chi connectivity index (χ4v) is 1.64. The number of aromatic nitrogens is 2. The summed E-state index contributed by atoms with van der Waals surface area (Å²) in [5, 5.41) is 3.37. The van der Waals surface area contributed by atoms with Gasteiger partial charge in [-0.05, 0) is 40.5 Å². The van der Waals surface area contributed by atoms with E-state index in [2.05, 4.69) is 36.1 Å². The summed E-state index contributed by atoms with van der Waals surface area (Å²) in [5.74, 6) is 2.99. The van der Waals surface area contributed by atoms with E-state index < -0.39 is 0 Å². The van der Waals surface area contributed by atoms with E-state index in [1.54, 1.807) is 0 Å². The van der Waals surface area contributed by atoms with E-state index >= 15 is 0 Å². The third-order valence-corrected chi connectivity index (χ3v) is 2.46. The molecule has 17 heavy (non-hydrogen) atoms. The van der Waals surface area contributed by atoms with Gasteiger partial charge in [0.15, 0.2) is 0 Å². The van der Waals surface area contributed by atoms with Crippen LogP contribution in [0.2, 0.25) is 0 Å². The summed E-state index contributed by atoms with van der Waals surface area (Å²) >= 11 is 0. The fraction of sp³-hybridized carbons (Fsp3) is 0.692. The van der Waals surface area contributed by atoms with Crippen LogP contribution in [-0.2, 0) is 0 Å². The van der Waals surface area contributed by atoms with E-state index in [1.165, 1.54) is 12.8 Å². The van der Waals surface area contributed by atoms with Crippen LogP contribution in [0.4, 0.5) is 5.82 Å². The fourth-order valence-electron chi connectivity index (χ4n) is 1.64. The van der Waals surface area contributed by atoms with E-state index in [-0.39, 0.29) is 5.54 Å². The summed E-state index contributed by atoms with van der Waals surface area (Å²) < 4.78 is 5.49. The molecule has 4 heteroatoms. The van der Waals surface area contributed by atoms with Gasteiger partial charge in [-0.15, -0.1) is 0 Å². The standard InChI is InChI=1S/C13H21N3O/c1-5-17-11-8-10(16-13(2,3)4)14-12(15-11)9-6-7-9/h8-9H,5-7H2,1-4H3,(H,14,15,16). The molecule has 0 aliphatic heterocycles. The molecule has 94 valence electrons. The molecule has 2 rings (SSSR count). The number of nitrogens with one attached hydrogen (secondary N) is 1. The van der Waals surface area contributed by atoms with E-state index in [0.29, 0.717) is 18.4 Å². The van der Waals surface area contributed by atoms with Crippen molar-refractivity contribution in [1.82, 2.24) is 9.97 Å². The predicted molar refractivity (Wildman–Crippen MR) is 68.6 cm³/mol. The first-order valence-electron chi connectivity index (χ1n) is 6.28. The Kier molecular flexibility index (Phi) is 3.22. The first kappa shape index (κ1) is 12.1. The Morgan fingerprint density at radius 2 is 2.06 bits per heavy atom. The molecule has 1 heterocycles. The summed E-state index contributed by atoms with van der Waals surface area (Å²) in [6.45, 7) is 8.95. The van der Waals surface area contributed by atoms with Gasteiger partial charge in [-0.25, -0.2) is 4.98 Å². The lowest BCUT2D eigenvalue weighted by Gasteiger charge is -2.21. The number of nitrogens with zero attached hydrogens (tertiary/aromatic N) is 2. The molecule has 4 nitrogen and oxygen atoms in total. The quantitative estimate of drug-likeness (QED) is 0.871. The lowest BCUT2D eigenvalue weighted by molar-refractivity contribution is 0.325. The Balaban J connectivity index is 2.23. The number of hydrogen-bond acceptors (Lipinski definition) is 4. The van der Waals surface area contributed by atoms with Crippen molar-refractivity contribution in [2.45, 2.75) is 52.0 Å². The average molecular weight is 235 g/mol. The van der Waals surface area contributed by atoms with E-state index in [0.717, 1.165) is 11.6 Å². The highest BCUT2D eigenvalue weighted by Gasteiger charge is 2.28. The van der Waals surface area contributed by atoms with Crippen LogP contribution in [0.25, 0.3) is 0 Å². The molecule has 1 aromatic heterocycles. The molecular formula is C13H21N3O. The Bertz CT molecular complexity index is 394. The second-order valence-electron chi connectivity index (χ2n) is 5.53. The molecule has 1 N–H and O–H groups in total. The summed E-state index contributed by atoms with van der Waals surface area (Å²) in [7, 11) is 0. The topological polar surface area (TPSA) is 47.0 Å². The maximum Gasteiger partial charge on any atom is 0.218 e. The zero-order valence-electron chi connectivity index (χ0n) is 11.1. The number of hydrogen-bond donors (Lipinski definition) is 1. The Labute approximate surface area is 103 Å². The van der Waals surface area contributed by atoms with Crippen molar-refractivity contribution < 1.29 is 4.74 Å². The SMILES string of the molecule is CCOc1cc(NC(C)(C)C)nc(C2CC2)n1. The largest absolute Gasteiger partial charge is 0.478 e. The molecule has 0 spiro atoms. The van der Waals surface area contributed by atoms with Crippen molar-refractivity contribution in [3.63, 3.8) is 0 Å². The molecular weight excluding hydrogens is 214 g/mol. The summed E-state index contributed by atoms with van der Waals surface area (Å²) in [6.07, 6.45) is 2.40. The third kappa shape index (κ3) is 3.58. The lowest BCUT2D eigenvalue weighted by Crippen LogP contribution is -2.27. The molecule has 1 aliphatic rings. The van der Waals surface area contributed by atoms with Gasteiger partial charge in [-0.3, -0.25) is 0 Å². The number of ether oxygens (including phenoxy) is 1. The lowest BCUT2D eigenvalue weighted by atomic mass is 10.1. The highest BCUT2D eigenvalue weighted by Crippen LogP contribution is 2.39. The molecule has 0 bridgehead atoms. The van der Waals surface area contributed by atoms with Crippen LogP contribution < -0.4 is 10.1 Å². The van der Waals surface area contributed by atoms with Gasteiger partial charge >= 0.3 is 0 Å². The average Bonchev–Trinajstić information content (AvgIpc) is 2.97. The van der Waals surface area contributed by atoms with Gasteiger partial charge in [-0.2, -0.15) is 4.98 Å². The predicted octanol–water partition coefficient (Wildman–Crippen LogP) is 2.96. The maximum atomic E-state index is 5.49. The molecule has 0 unspecified atom stereocenters. The van der Waals surface area contributed by atoms with Crippen molar-refractivity contribution in [3.8, 4) is 5.88 Å². The first-order chi connectivity index (χ1) is 7.98. The number of anilines is 1. The zero-order valence-corrected chi connectivity index (χ0v) is 11.1. The van der Waals surface area contributed by atoms with Gasteiger partial charge in [-0.1, -0.05) is 0 Å². The number of rotatable bonds is 4. The van der Waals surface area contributed by atoms with Crippen LogP contribution >= 0.6 is 0 Å². The van der Waals surface area contributed by atoms with Gasteiger partial charge in [0.05, 0.1) is 6.61 Å². The molecule has 1 fully saturated rings. The van der Waals surface area contributed by atoms with Gasteiger partial charge in [0, 0.05) is 17.5 Å². The molecule has 1 saturated carbocycles. The smallest absolute Gasteiger partial charge is 0.218 e. The van der Waals surface area contributed by atoms with Gasteiger partial charge in [0.25, 0.3) is 0 Å². The van der Waals surface area contributed by atoms with Crippen molar-refractivity contribution in [2.75, 3.05) is 11.9 Å². The van der Waals surface area contributed by atoms with Crippen molar-refractivity contribution in [2.24, 2.45) is 0 Å². The summed E-state index contributed by atoms with van der Waals surface area (Å²) in [5.41, 5.74) is -0.00133. The monoisotopic (exact) mass is 235 g/mol. The minimum Gasteiger partial charge on any atom is -0.478 e. The van der Waals surface area contributed by atoms with Crippen LogP contribution in [-0.4, -0.2) is 22.1 Å². The van der Waals surface area contributed by atoms with Crippen LogP contribution in [0.1, 0.15) is 52.3 Å². The van der Waals surface area contributed by atoms with Crippen LogP contribution in [0.15, 0.2) is 6.07 Å². The molecule has 0 radical (unpaired) electrons. The molecule has 0 atom stereocenters. The highest BCUT2D eigenvalue weighted by atomic mass is 16.5. The highest BCUT2D eigenvalue weighted by molar-refractivity contribution is 5.41. The summed E-state index contributed by atoms with van der Waals surface area (Å²) in [6, 6.07) is 1.88. The molecule has 0 aromatic carbocycles. The normalized spacial score (nSPS) is 15.8. The maximum absolute atomic E-state index is 5.49. The van der Waals surface area contributed by atoms with Crippen LogP contribution in [0, 0.1) is 0 Å². The van der Waals surface area contributed by atoms with E-state index in [4.69, 9.17) is 4.74 Å². The van der Waals surface area contributed by atoms with Gasteiger partial charge < -0.3 is 10.1 Å². The first-order valence-corrected chi connectivity index (χ1v) is 6.28. The summed E-state index contributed by atoms with van der Waals surface area (Å²) in [4.78, 5) is 9.00. The molecule has 0 amide bonds. The van der Waals surface area contributed by atoms with E-state index in [9.17, 15) is 0 Å². The Hall–Kier alpha value is -1.32. The van der Waals surface area contributed by atoms with Crippen LogP contribution in [0.5, 0.6) is 5.88 Å². The van der Waals surface area contributed by atoms with Crippen LogP contribution in [0.3, 0.4) is 0 Å². The minimum absolute atomic E-state index is 0.00133. The Morgan fingerprint density at radius 1 is 1.35 bits per heavy atom.